The van der Waals surface area contributed by atoms with Crippen molar-refractivity contribution in [3.8, 4) is 16.9 Å². The number of halogens is 3. The molecule has 3 aromatic rings. The van der Waals surface area contributed by atoms with Crippen molar-refractivity contribution in [2.24, 2.45) is 4.99 Å². The van der Waals surface area contributed by atoms with Gasteiger partial charge in [-0.2, -0.15) is 13.2 Å². The predicted octanol–water partition coefficient (Wildman–Crippen LogP) is 6.19. The van der Waals surface area contributed by atoms with Gasteiger partial charge in [-0.25, -0.2) is 4.99 Å². The minimum absolute atomic E-state index is 0.00228. The first kappa shape index (κ1) is 22.5. The fourth-order valence-electron chi connectivity index (χ4n) is 3.80. The number of rotatable bonds is 5. The Morgan fingerprint density at radius 3 is 2.58 bits per heavy atom. The molecular weight excluding hydrogens is 431 g/mol. The van der Waals surface area contributed by atoms with E-state index in [1.807, 2.05) is 43.3 Å². The number of aromatic nitrogens is 1. The van der Waals surface area contributed by atoms with Crippen LogP contribution in [0, 0.1) is 0 Å². The largest absolute Gasteiger partial charge is 0.493 e. The maximum absolute atomic E-state index is 13.5. The van der Waals surface area contributed by atoms with Gasteiger partial charge in [-0.1, -0.05) is 31.2 Å². The molecule has 33 heavy (non-hydrogen) atoms. The molecule has 2 aromatic carbocycles. The van der Waals surface area contributed by atoms with E-state index in [9.17, 15) is 18.0 Å². The molecule has 2 heterocycles. The van der Waals surface area contributed by atoms with Gasteiger partial charge >= 0.3 is 6.18 Å². The Balaban J connectivity index is 1.82. The second-order valence-electron chi connectivity index (χ2n) is 7.51. The number of fused-ring (bicyclic) bond motifs is 1. The molecule has 0 fully saturated rings. The first-order chi connectivity index (χ1) is 15.8. The number of aliphatic imine (C=N–C) groups is 1. The van der Waals surface area contributed by atoms with E-state index in [1.54, 1.807) is 13.1 Å². The topological polar surface area (TPSA) is 63.6 Å². The van der Waals surface area contributed by atoms with Gasteiger partial charge in [0.2, 0.25) is 5.91 Å². The van der Waals surface area contributed by atoms with Crippen molar-refractivity contribution in [2.45, 2.75) is 32.9 Å². The lowest BCUT2D eigenvalue weighted by Crippen LogP contribution is -2.15. The van der Waals surface area contributed by atoms with Crippen LogP contribution in [0.25, 0.3) is 11.1 Å². The number of pyridine rings is 1. The molecule has 0 aliphatic carbocycles. The summed E-state index contributed by atoms with van der Waals surface area (Å²) in [4.78, 5) is 21.5. The normalized spacial score (nSPS) is 13.6. The second-order valence-corrected chi connectivity index (χ2v) is 7.51. The summed E-state index contributed by atoms with van der Waals surface area (Å²) in [6.07, 6.45) is -2.19. The van der Waals surface area contributed by atoms with Gasteiger partial charge in [0, 0.05) is 23.5 Å². The highest BCUT2D eigenvalue weighted by Gasteiger charge is 2.36. The Labute approximate surface area is 189 Å². The van der Waals surface area contributed by atoms with Crippen LogP contribution in [-0.2, 0) is 17.4 Å². The van der Waals surface area contributed by atoms with Gasteiger partial charge in [-0.15, -0.1) is 0 Å². The number of nitrogens with one attached hydrogen (secondary N) is 1. The lowest BCUT2D eigenvalue weighted by molar-refractivity contribution is -0.138. The number of nitrogens with zero attached hydrogens (tertiary/aromatic N) is 2. The number of ether oxygens (including phenoxy) is 1. The number of hydrogen-bond donors (Lipinski definition) is 1. The van der Waals surface area contributed by atoms with E-state index in [-0.39, 0.29) is 30.2 Å². The Morgan fingerprint density at radius 1 is 1.06 bits per heavy atom. The van der Waals surface area contributed by atoms with Gasteiger partial charge in [0.25, 0.3) is 0 Å². The fraction of sp³-hybridized carbons (Fsp3) is 0.240. The molecule has 0 radical (unpaired) electrons. The SMILES string of the molecule is CCOc1cc2c(cc1C(F)(F)F)NC(=O)CC(c1cccc(-c3cccnc3CC)c1)=N2. The zero-order valence-corrected chi connectivity index (χ0v) is 18.2. The van der Waals surface area contributed by atoms with Crippen LogP contribution in [0.4, 0.5) is 24.5 Å². The van der Waals surface area contributed by atoms with Gasteiger partial charge in [-0.05, 0) is 42.7 Å². The van der Waals surface area contributed by atoms with Crippen molar-refractivity contribution in [3.05, 3.63) is 71.5 Å². The van der Waals surface area contributed by atoms with Crippen LogP contribution in [-0.4, -0.2) is 23.2 Å². The first-order valence-corrected chi connectivity index (χ1v) is 10.6. The smallest absolute Gasteiger partial charge is 0.420 e. The van der Waals surface area contributed by atoms with E-state index < -0.39 is 17.6 Å². The summed E-state index contributed by atoms with van der Waals surface area (Å²) in [5.74, 6) is -0.759. The van der Waals surface area contributed by atoms with Gasteiger partial charge in [-0.3, -0.25) is 9.78 Å². The highest BCUT2D eigenvalue weighted by atomic mass is 19.4. The molecule has 1 aliphatic rings. The van der Waals surface area contributed by atoms with E-state index in [1.165, 1.54) is 6.07 Å². The van der Waals surface area contributed by atoms with Crippen LogP contribution in [0.15, 0.2) is 59.7 Å². The first-order valence-electron chi connectivity index (χ1n) is 10.6. The number of alkyl halides is 3. The van der Waals surface area contributed by atoms with Crippen LogP contribution < -0.4 is 10.1 Å². The minimum Gasteiger partial charge on any atom is -0.493 e. The molecule has 1 aliphatic heterocycles. The van der Waals surface area contributed by atoms with Gasteiger partial charge in [0.1, 0.15) is 5.75 Å². The van der Waals surface area contributed by atoms with E-state index in [0.29, 0.717) is 11.3 Å². The van der Waals surface area contributed by atoms with Crippen LogP contribution in [0.5, 0.6) is 5.75 Å². The van der Waals surface area contributed by atoms with E-state index >= 15 is 0 Å². The molecule has 0 saturated heterocycles. The second kappa shape index (κ2) is 9.05. The summed E-state index contributed by atoms with van der Waals surface area (Å²) in [6, 6.07) is 13.5. The van der Waals surface area contributed by atoms with Crippen molar-refractivity contribution in [1.82, 2.24) is 4.98 Å². The minimum atomic E-state index is -4.63. The lowest BCUT2D eigenvalue weighted by atomic mass is 9.98. The average molecular weight is 453 g/mol. The van der Waals surface area contributed by atoms with Crippen LogP contribution in [0.2, 0.25) is 0 Å². The van der Waals surface area contributed by atoms with E-state index in [0.717, 1.165) is 29.3 Å². The third-order valence-corrected chi connectivity index (χ3v) is 5.29. The highest BCUT2D eigenvalue weighted by Crippen LogP contribution is 2.43. The summed E-state index contributed by atoms with van der Waals surface area (Å²) < 4.78 is 45.8. The van der Waals surface area contributed by atoms with Crippen LogP contribution >= 0.6 is 0 Å². The van der Waals surface area contributed by atoms with Gasteiger partial charge < -0.3 is 10.1 Å². The van der Waals surface area contributed by atoms with Crippen molar-refractivity contribution >= 4 is 23.0 Å². The Morgan fingerprint density at radius 2 is 1.85 bits per heavy atom. The molecule has 1 N–H and O–H groups in total. The van der Waals surface area contributed by atoms with Gasteiger partial charge in [0.15, 0.2) is 0 Å². The Hall–Kier alpha value is -3.68. The Bertz CT molecular complexity index is 1240. The fourth-order valence-corrected chi connectivity index (χ4v) is 3.80. The molecule has 0 atom stereocenters. The summed E-state index contributed by atoms with van der Waals surface area (Å²) >= 11 is 0. The number of carbonyl (C=O) groups excluding carboxylic acids is 1. The molecule has 8 heteroatoms. The molecule has 0 unspecified atom stereocenters. The lowest BCUT2D eigenvalue weighted by Gasteiger charge is -2.16. The van der Waals surface area contributed by atoms with Crippen molar-refractivity contribution in [1.29, 1.82) is 0 Å². The number of carbonyl (C=O) groups is 1. The number of amides is 1. The zero-order chi connectivity index (χ0) is 23.6. The highest BCUT2D eigenvalue weighted by molar-refractivity contribution is 6.17. The summed E-state index contributed by atoms with van der Waals surface area (Å²) in [7, 11) is 0. The van der Waals surface area contributed by atoms with E-state index in [4.69, 9.17) is 4.74 Å². The molecule has 0 spiro atoms. The monoisotopic (exact) mass is 453 g/mol. The molecule has 1 amide bonds. The Kier molecular flexibility index (Phi) is 6.18. The number of anilines is 1. The third kappa shape index (κ3) is 4.74. The molecule has 0 bridgehead atoms. The molecule has 1 aromatic heterocycles. The van der Waals surface area contributed by atoms with Crippen molar-refractivity contribution < 1.29 is 22.7 Å². The maximum Gasteiger partial charge on any atom is 0.420 e. The number of hydrogen-bond acceptors (Lipinski definition) is 4. The predicted molar refractivity (Wildman–Crippen MR) is 121 cm³/mol. The summed E-state index contributed by atoms with van der Waals surface area (Å²) in [5.41, 5.74) is 3.28. The van der Waals surface area contributed by atoms with Crippen molar-refractivity contribution in [3.63, 3.8) is 0 Å². The summed E-state index contributed by atoms with van der Waals surface area (Å²) in [6.45, 7) is 3.70. The van der Waals surface area contributed by atoms with E-state index in [2.05, 4.69) is 15.3 Å². The zero-order valence-electron chi connectivity index (χ0n) is 18.2. The quantitative estimate of drug-likeness (QED) is 0.501. The molecule has 170 valence electrons. The molecule has 0 saturated carbocycles. The van der Waals surface area contributed by atoms with Gasteiger partial charge in [0.05, 0.1) is 35.7 Å². The average Bonchev–Trinajstić information content (AvgIpc) is 2.96. The summed E-state index contributed by atoms with van der Waals surface area (Å²) in [5, 5.41) is 2.55. The number of benzene rings is 2. The number of aryl methyl sites for hydroxylation is 1. The standard InChI is InChI=1S/C25H22F3N3O2/c1-3-19-17(9-6-10-29-19)15-7-5-8-16(11-15)20-14-24(32)31-21-12-18(25(26,27)28)23(33-4-2)13-22(21)30-20/h5-13H,3-4,14H2,1-2H3,(H,31,32). The molecule has 4 rings (SSSR count). The third-order valence-electron chi connectivity index (χ3n) is 5.29. The van der Waals surface area contributed by atoms with Crippen molar-refractivity contribution in [2.75, 3.05) is 11.9 Å². The molecular formula is C25H22F3N3O2. The molecule has 5 nitrogen and oxygen atoms in total. The van der Waals surface area contributed by atoms with Crippen LogP contribution in [0.3, 0.4) is 0 Å². The van der Waals surface area contributed by atoms with Crippen LogP contribution in [0.1, 0.15) is 37.1 Å². The maximum atomic E-state index is 13.5.